The summed E-state index contributed by atoms with van der Waals surface area (Å²) >= 11 is 0. The number of methoxy groups -OCH3 is 1. The highest BCUT2D eigenvalue weighted by Crippen LogP contribution is 2.15. The number of nitrogens with zero attached hydrogens (tertiary/aromatic N) is 2. The lowest BCUT2D eigenvalue weighted by Gasteiger charge is -2.05. The van der Waals surface area contributed by atoms with Gasteiger partial charge < -0.3 is 4.74 Å². The Kier molecular flexibility index (Phi) is 3.37. The summed E-state index contributed by atoms with van der Waals surface area (Å²) in [5, 5.41) is 7.67. The molecule has 92 valence electrons. The van der Waals surface area contributed by atoms with Gasteiger partial charge >= 0.3 is 0 Å². The summed E-state index contributed by atoms with van der Waals surface area (Å²) in [5.41, 5.74) is 2.97. The number of benzene rings is 1. The lowest BCUT2D eigenvalue weighted by molar-refractivity contribution is 0.103. The predicted octanol–water partition coefficient (Wildman–Crippen LogP) is 2.33. The van der Waals surface area contributed by atoms with Crippen molar-refractivity contribution in [3.8, 4) is 5.88 Å². The van der Waals surface area contributed by atoms with Crippen molar-refractivity contribution >= 4 is 5.78 Å². The van der Waals surface area contributed by atoms with E-state index in [1.165, 1.54) is 7.11 Å². The highest BCUT2D eigenvalue weighted by molar-refractivity contribution is 6.08. The molecule has 0 aliphatic rings. The molecular weight excluding hydrogens is 228 g/mol. The van der Waals surface area contributed by atoms with E-state index in [1.54, 1.807) is 12.1 Å². The van der Waals surface area contributed by atoms with Crippen LogP contribution in [-0.2, 0) is 0 Å². The van der Waals surface area contributed by atoms with E-state index in [4.69, 9.17) is 4.74 Å². The zero-order valence-electron chi connectivity index (χ0n) is 10.6. The number of ether oxygens (including phenoxy) is 1. The van der Waals surface area contributed by atoms with Crippen molar-refractivity contribution in [2.24, 2.45) is 0 Å². The average Bonchev–Trinajstić information content (AvgIpc) is 2.41. The van der Waals surface area contributed by atoms with E-state index in [0.717, 1.165) is 11.1 Å². The van der Waals surface area contributed by atoms with Crippen molar-refractivity contribution in [2.75, 3.05) is 7.11 Å². The number of aromatic nitrogens is 2. The van der Waals surface area contributed by atoms with Gasteiger partial charge in [-0.1, -0.05) is 17.7 Å². The summed E-state index contributed by atoms with van der Waals surface area (Å²) in [6.45, 7) is 3.86. The summed E-state index contributed by atoms with van der Waals surface area (Å²) in [4.78, 5) is 12.3. The zero-order valence-corrected chi connectivity index (χ0v) is 10.6. The molecule has 0 amide bonds. The van der Waals surface area contributed by atoms with Crippen LogP contribution in [0.15, 0.2) is 30.3 Å². The fourth-order valence-electron chi connectivity index (χ4n) is 1.67. The second kappa shape index (κ2) is 4.96. The molecule has 2 aromatic rings. The van der Waals surface area contributed by atoms with Crippen LogP contribution >= 0.6 is 0 Å². The van der Waals surface area contributed by atoms with Crippen molar-refractivity contribution in [3.05, 3.63) is 52.7 Å². The second-order valence-electron chi connectivity index (χ2n) is 4.11. The highest BCUT2D eigenvalue weighted by Gasteiger charge is 2.14. The SMILES string of the molecule is COc1ccc(C(=O)c2cc(C)ccc2C)nn1. The molecule has 0 fully saturated rings. The minimum Gasteiger partial charge on any atom is -0.480 e. The third-order valence-corrected chi connectivity index (χ3v) is 2.72. The van der Waals surface area contributed by atoms with Gasteiger partial charge in [-0.15, -0.1) is 10.2 Å². The molecule has 0 saturated carbocycles. The van der Waals surface area contributed by atoms with E-state index in [1.807, 2.05) is 32.0 Å². The molecule has 0 saturated heterocycles. The standard InChI is InChI=1S/C14H14N2O2/c1-9-4-5-10(2)11(8-9)14(17)12-6-7-13(18-3)16-15-12/h4-8H,1-3H3. The van der Waals surface area contributed by atoms with Crippen LogP contribution < -0.4 is 4.74 Å². The van der Waals surface area contributed by atoms with Crippen molar-refractivity contribution in [1.29, 1.82) is 0 Å². The number of ketones is 1. The Morgan fingerprint density at radius 3 is 2.50 bits per heavy atom. The third kappa shape index (κ3) is 2.37. The Balaban J connectivity index is 2.38. The van der Waals surface area contributed by atoms with Crippen LogP contribution in [0, 0.1) is 13.8 Å². The lowest BCUT2D eigenvalue weighted by atomic mass is 10.0. The fourth-order valence-corrected chi connectivity index (χ4v) is 1.67. The molecule has 18 heavy (non-hydrogen) atoms. The largest absolute Gasteiger partial charge is 0.480 e. The molecule has 0 bridgehead atoms. The first-order valence-electron chi connectivity index (χ1n) is 5.61. The first-order valence-corrected chi connectivity index (χ1v) is 5.61. The molecule has 1 aromatic heterocycles. The topological polar surface area (TPSA) is 52.1 Å². The maximum atomic E-state index is 12.3. The Morgan fingerprint density at radius 2 is 1.89 bits per heavy atom. The number of carbonyl (C=O) groups is 1. The van der Waals surface area contributed by atoms with Crippen LogP contribution in [0.25, 0.3) is 0 Å². The Morgan fingerprint density at radius 1 is 1.11 bits per heavy atom. The maximum absolute atomic E-state index is 12.3. The van der Waals surface area contributed by atoms with Crippen LogP contribution in [0.2, 0.25) is 0 Å². The zero-order chi connectivity index (χ0) is 13.1. The quantitative estimate of drug-likeness (QED) is 0.775. The van der Waals surface area contributed by atoms with Crippen LogP contribution in [-0.4, -0.2) is 23.1 Å². The Labute approximate surface area is 106 Å². The van der Waals surface area contributed by atoms with E-state index in [-0.39, 0.29) is 5.78 Å². The van der Waals surface area contributed by atoms with E-state index < -0.39 is 0 Å². The monoisotopic (exact) mass is 242 g/mol. The Bertz CT molecular complexity index is 577. The van der Waals surface area contributed by atoms with Gasteiger partial charge in [0.25, 0.3) is 0 Å². The van der Waals surface area contributed by atoms with E-state index in [2.05, 4.69) is 10.2 Å². The van der Waals surface area contributed by atoms with E-state index in [0.29, 0.717) is 17.1 Å². The number of rotatable bonds is 3. The summed E-state index contributed by atoms with van der Waals surface area (Å²) in [6, 6.07) is 9.02. The van der Waals surface area contributed by atoms with Gasteiger partial charge in [0.05, 0.1) is 7.11 Å². The van der Waals surface area contributed by atoms with E-state index in [9.17, 15) is 4.79 Å². The van der Waals surface area contributed by atoms with Crippen LogP contribution in [0.4, 0.5) is 0 Å². The smallest absolute Gasteiger partial charge is 0.233 e. The fraction of sp³-hybridized carbons (Fsp3) is 0.214. The van der Waals surface area contributed by atoms with Crippen molar-refractivity contribution in [3.63, 3.8) is 0 Å². The molecule has 4 heteroatoms. The van der Waals surface area contributed by atoms with Crippen LogP contribution in [0.3, 0.4) is 0 Å². The predicted molar refractivity (Wildman–Crippen MR) is 67.9 cm³/mol. The number of hydrogen-bond donors (Lipinski definition) is 0. The van der Waals surface area contributed by atoms with E-state index >= 15 is 0 Å². The number of aryl methyl sites for hydroxylation is 2. The Hall–Kier alpha value is -2.23. The molecule has 1 aromatic carbocycles. The first kappa shape index (κ1) is 12.2. The van der Waals surface area contributed by atoms with Crippen molar-refractivity contribution in [1.82, 2.24) is 10.2 Å². The highest BCUT2D eigenvalue weighted by atomic mass is 16.5. The lowest BCUT2D eigenvalue weighted by Crippen LogP contribution is -2.07. The molecule has 0 N–H and O–H groups in total. The minimum atomic E-state index is -0.119. The average molecular weight is 242 g/mol. The van der Waals surface area contributed by atoms with Gasteiger partial charge in [0.15, 0.2) is 0 Å². The minimum absolute atomic E-state index is 0.119. The second-order valence-corrected chi connectivity index (χ2v) is 4.11. The van der Waals surface area contributed by atoms with Crippen LogP contribution in [0.1, 0.15) is 27.2 Å². The van der Waals surface area contributed by atoms with Crippen molar-refractivity contribution < 1.29 is 9.53 Å². The first-order chi connectivity index (χ1) is 8.61. The summed E-state index contributed by atoms with van der Waals surface area (Å²) in [5.74, 6) is 0.277. The molecule has 2 rings (SSSR count). The van der Waals surface area contributed by atoms with Gasteiger partial charge in [-0.2, -0.15) is 0 Å². The third-order valence-electron chi connectivity index (χ3n) is 2.72. The summed E-state index contributed by atoms with van der Waals surface area (Å²) < 4.78 is 4.91. The van der Waals surface area contributed by atoms with Crippen LogP contribution in [0.5, 0.6) is 5.88 Å². The number of carbonyl (C=O) groups excluding carboxylic acids is 1. The molecular formula is C14H14N2O2. The number of hydrogen-bond acceptors (Lipinski definition) is 4. The molecule has 0 unspecified atom stereocenters. The molecule has 0 spiro atoms. The molecule has 0 radical (unpaired) electrons. The summed E-state index contributed by atoms with van der Waals surface area (Å²) in [7, 11) is 1.51. The molecule has 0 atom stereocenters. The molecule has 0 aliphatic heterocycles. The van der Waals surface area contributed by atoms with Gasteiger partial charge in [0.2, 0.25) is 11.7 Å². The van der Waals surface area contributed by atoms with Gasteiger partial charge in [-0.25, -0.2) is 0 Å². The molecule has 1 heterocycles. The van der Waals surface area contributed by atoms with Crippen molar-refractivity contribution in [2.45, 2.75) is 13.8 Å². The maximum Gasteiger partial charge on any atom is 0.233 e. The summed E-state index contributed by atoms with van der Waals surface area (Å²) in [6.07, 6.45) is 0. The van der Waals surface area contributed by atoms with Gasteiger partial charge in [-0.3, -0.25) is 4.79 Å². The normalized spacial score (nSPS) is 10.2. The molecule has 4 nitrogen and oxygen atoms in total. The van der Waals surface area contributed by atoms with Gasteiger partial charge in [0, 0.05) is 11.6 Å². The molecule has 0 aliphatic carbocycles. The van der Waals surface area contributed by atoms with Gasteiger partial charge in [-0.05, 0) is 31.5 Å². The van der Waals surface area contributed by atoms with Gasteiger partial charge in [0.1, 0.15) is 5.69 Å².